The second-order valence-corrected chi connectivity index (χ2v) is 3.45. The van der Waals surface area contributed by atoms with Gasteiger partial charge in [0.25, 0.3) is 0 Å². The van der Waals surface area contributed by atoms with Gasteiger partial charge >= 0.3 is 5.97 Å². The van der Waals surface area contributed by atoms with Crippen LogP contribution in [0.5, 0.6) is 0 Å². The average molecular weight is 222 g/mol. The lowest BCUT2D eigenvalue weighted by atomic mass is 9.92. The number of methoxy groups -OCH3 is 1. The van der Waals surface area contributed by atoms with Gasteiger partial charge in [0, 0.05) is 19.4 Å². The van der Waals surface area contributed by atoms with E-state index in [9.17, 15) is 9.59 Å². The summed E-state index contributed by atoms with van der Waals surface area (Å²) >= 11 is 0. The highest BCUT2D eigenvalue weighted by Gasteiger charge is 2.32. The lowest BCUT2D eigenvalue weighted by molar-refractivity contribution is -0.149. The average Bonchev–Trinajstić information content (AvgIpc) is 2.21. The van der Waals surface area contributed by atoms with Crippen LogP contribution in [0.25, 0.3) is 0 Å². The molecular formula is C12H14O4. The van der Waals surface area contributed by atoms with E-state index >= 15 is 0 Å². The molecular weight excluding hydrogens is 208 g/mol. The minimum absolute atomic E-state index is 0.172. The molecule has 0 aromatic carbocycles. The van der Waals surface area contributed by atoms with Crippen molar-refractivity contribution in [3.05, 3.63) is 36.6 Å². The summed E-state index contributed by atoms with van der Waals surface area (Å²) in [5.41, 5.74) is -0.952. The zero-order valence-corrected chi connectivity index (χ0v) is 9.36. The molecule has 0 aromatic rings. The third-order valence-electron chi connectivity index (χ3n) is 2.15. The molecule has 4 heteroatoms. The van der Waals surface area contributed by atoms with Crippen LogP contribution in [0.3, 0.4) is 0 Å². The summed E-state index contributed by atoms with van der Waals surface area (Å²) in [5, 5.41) is 0. The van der Waals surface area contributed by atoms with Crippen molar-refractivity contribution in [2.75, 3.05) is 7.11 Å². The molecule has 16 heavy (non-hydrogen) atoms. The number of rotatable bonds is 4. The van der Waals surface area contributed by atoms with E-state index in [1.165, 1.54) is 26.2 Å². The number of carbonyl (C=O) groups is 2. The van der Waals surface area contributed by atoms with E-state index in [0.717, 1.165) is 0 Å². The van der Waals surface area contributed by atoms with Gasteiger partial charge in [-0.1, -0.05) is 6.08 Å². The summed E-state index contributed by atoms with van der Waals surface area (Å²) < 4.78 is 10.1. The highest BCUT2D eigenvalue weighted by molar-refractivity contribution is 6.03. The summed E-state index contributed by atoms with van der Waals surface area (Å²) in [5.74, 6) is -0.493. The van der Waals surface area contributed by atoms with Crippen molar-refractivity contribution in [1.29, 1.82) is 0 Å². The van der Waals surface area contributed by atoms with Crippen molar-refractivity contribution in [1.82, 2.24) is 0 Å². The molecule has 0 fully saturated rings. The molecule has 0 aliphatic heterocycles. The second kappa shape index (κ2) is 4.79. The van der Waals surface area contributed by atoms with Crippen molar-refractivity contribution in [2.45, 2.75) is 18.9 Å². The summed E-state index contributed by atoms with van der Waals surface area (Å²) in [6.07, 6.45) is 6.39. The summed E-state index contributed by atoms with van der Waals surface area (Å²) in [6, 6.07) is 0. The Hall–Kier alpha value is -1.84. The number of ether oxygens (including phenoxy) is 2. The van der Waals surface area contributed by atoms with Gasteiger partial charge in [0.2, 0.25) is 5.78 Å². The number of hydrogen-bond donors (Lipinski definition) is 0. The Morgan fingerprint density at radius 3 is 2.81 bits per heavy atom. The van der Waals surface area contributed by atoms with Crippen LogP contribution >= 0.6 is 0 Å². The van der Waals surface area contributed by atoms with Crippen LogP contribution in [0.15, 0.2) is 36.6 Å². The van der Waals surface area contributed by atoms with Gasteiger partial charge in [0.15, 0.2) is 11.4 Å². The largest absolute Gasteiger partial charge is 0.493 e. The van der Waals surface area contributed by atoms with Gasteiger partial charge in [0.05, 0.1) is 7.11 Å². The topological polar surface area (TPSA) is 52.6 Å². The second-order valence-electron chi connectivity index (χ2n) is 3.45. The van der Waals surface area contributed by atoms with Gasteiger partial charge in [0.1, 0.15) is 0 Å². The molecule has 1 aliphatic carbocycles. The van der Waals surface area contributed by atoms with E-state index in [1.54, 1.807) is 12.2 Å². The third kappa shape index (κ3) is 2.59. The number of hydrogen-bond acceptors (Lipinski definition) is 4. The van der Waals surface area contributed by atoms with Crippen LogP contribution in [0.1, 0.15) is 13.3 Å². The standard InChI is InChI=1S/C12H14O4/c1-4-6-12(16-9(2)13)7-5-10(14)11(8-12)15-3/h4-5,7-8H,1,6H2,2-3H3. The van der Waals surface area contributed by atoms with E-state index in [0.29, 0.717) is 6.42 Å². The zero-order chi connectivity index (χ0) is 12.2. The van der Waals surface area contributed by atoms with Crippen molar-refractivity contribution in [3.63, 3.8) is 0 Å². The smallest absolute Gasteiger partial charge is 0.303 e. The minimum atomic E-state index is -0.952. The summed E-state index contributed by atoms with van der Waals surface area (Å²) in [7, 11) is 1.40. The first-order valence-corrected chi connectivity index (χ1v) is 4.84. The molecule has 4 nitrogen and oxygen atoms in total. The predicted molar refractivity (Wildman–Crippen MR) is 58.6 cm³/mol. The molecule has 0 N–H and O–H groups in total. The third-order valence-corrected chi connectivity index (χ3v) is 2.15. The molecule has 0 radical (unpaired) electrons. The van der Waals surface area contributed by atoms with Crippen LogP contribution in [-0.2, 0) is 19.1 Å². The minimum Gasteiger partial charge on any atom is -0.493 e. The quantitative estimate of drug-likeness (QED) is 0.534. The molecule has 0 amide bonds. The molecule has 0 saturated heterocycles. The van der Waals surface area contributed by atoms with Gasteiger partial charge in [-0.05, 0) is 12.2 Å². The molecule has 86 valence electrons. The van der Waals surface area contributed by atoms with Crippen LogP contribution in [-0.4, -0.2) is 24.5 Å². The van der Waals surface area contributed by atoms with Crippen LogP contribution < -0.4 is 0 Å². The highest BCUT2D eigenvalue weighted by Crippen LogP contribution is 2.27. The maximum Gasteiger partial charge on any atom is 0.303 e. The summed E-state index contributed by atoms with van der Waals surface area (Å²) in [6.45, 7) is 4.91. The van der Waals surface area contributed by atoms with E-state index in [4.69, 9.17) is 9.47 Å². The van der Waals surface area contributed by atoms with E-state index in [1.807, 2.05) is 0 Å². The van der Waals surface area contributed by atoms with E-state index in [2.05, 4.69) is 6.58 Å². The molecule has 1 unspecified atom stereocenters. The van der Waals surface area contributed by atoms with Crippen molar-refractivity contribution in [2.24, 2.45) is 0 Å². The monoisotopic (exact) mass is 222 g/mol. The van der Waals surface area contributed by atoms with Crippen LogP contribution in [0.2, 0.25) is 0 Å². The van der Waals surface area contributed by atoms with Gasteiger partial charge in [-0.15, -0.1) is 6.58 Å². The Labute approximate surface area is 94.2 Å². The SMILES string of the molecule is C=CCC1(OC(C)=O)C=CC(=O)C(OC)=C1. The fraction of sp³-hybridized carbons (Fsp3) is 0.333. The van der Waals surface area contributed by atoms with Crippen molar-refractivity contribution < 1.29 is 19.1 Å². The Morgan fingerprint density at radius 1 is 1.62 bits per heavy atom. The molecule has 1 rings (SSSR count). The molecule has 1 atom stereocenters. The lowest BCUT2D eigenvalue weighted by Crippen LogP contribution is -2.33. The highest BCUT2D eigenvalue weighted by atomic mass is 16.6. The van der Waals surface area contributed by atoms with Crippen molar-refractivity contribution >= 4 is 11.8 Å². The molecule has 0 spiro atoms. The maximum absolute atomic E-state index is 11.4. The normalized spacial score (nSPS) is 23.6. The zero-order valence-electron chi connectivity index (χ0n) is 9.36. The van der Waals surface area contributed by atoms with Crippen LogP contribution in [0, 0.1) is 0 Å². The number of allylic oxidation sites excluding steroid dienone is 1. The molecule has 1 aliphatic rings. The van der Waals surface area contributed by atoms with Crippen molar-refractivity contribution in [3.8, 4) is 0 Å². The van der Waals surface area contributed by atoms with Gasteiger partial charge < -0.3 is 9.47 Å². The Bertz CT molecular complexity index is 378. The maximum atomic E-state index is 11.4. The number of ketones is 1. The number of carbonyl (C=O) groups excluding carboxylic acids is 2. The van der Waals surface area contributed by atoms with E-state index in [-0.39, 0.29) is 11.5 Å². The molecule has 0 heterocycles. The Balaban J connectivity index is 3.06. The molecule has 0 aromatic heterocycles. The Kier molecular flexibility index (Phi) is 3.66. The first kappa shape index (κ1) is 12.2. The molecule has 0 saturated carbocycles. The lowest BCUT2D eigenvalue weighted by Gasteiger charge is -2.28. The van der Waals surface area contributed by atoms with Gasteiger partial charge in [-0.3, -0.25) is 9.59 Å². The number of esters is 1. The first-order valence-electron chi connectivity index (χ1n) is 4.84. The first-order chi connectivity index (χ1) is 7.53. The van der Waals surface area contributed by atoms with Gasteiger partial charge in [-0.25, -0.2) is 0 Å². The Morgan fingerprint density at radius 2 is 2.31 bits per heavy atom. The van der Waals surface area contributed by atoms with Crippen LogP contribution in [0.4, 0.5) is 0 Å². The summed E-state index contributed by atoms with van der Waals surface area (Å²) in [4.78, 5) is 22.4. The fourth-order valence-corrected chi connectivity index (χ4v) is 1.52. The predicted octanol–water partition coefficient (Wildman–Crippen LogP) is 1.53. The fourth-order valence-electron chi connectivity index (χ4n) is 1.52. The van der Waals surface area contributed by atoms with E-state index < -0.39 is 11.6 Å². The molecule has 0 bridgehead atoms. The van der Waals surface area contributed by atoms with Gasteiger partial charge in [-0.2, -0.15) is 0 Å².